The second-order valence-electron chi connectivity index (χ2n) is 11.1. The first kappa shape index (κ1) is 22.8. The summed E-state index contributed by atoms with van der Waals surface area (Å²) in [4.78, 5) is 13.0. The summed E-state index contributed by atoms with van der Waals surface area (Å²) in [6.45, 7) is 2.18. The number of amides is 1. The molecular weight excluding hydrogens is 456 g/mol. The molecule has 4 fully saturated rings. The zero-order valence-electron chi connectivity index (χ0n) is 20.3. The van der Waals surface area contributed by atoms with E-state index in [0.29, 0.717) is 5.75 Å². The summed E-state index contributed by atoms with van der Waals surface area (Å²) in [6, 6.07) is 14.0. The monoisotopic (exact) mass is 490 g/mol. The first-order valence-corrected chi connectivity index (χ1v) is 14.4. The molecule has 2 atom stereocenters. The molecule has 4 saturated carbocycles. The van der Waals surface area contributed by atoms with Crippen LogP contribution in [0.5, 0.6) is 0 Å². The Bertz CT molecular complexity index is 1180. The minimum Gasteiger partial charge on any atom is -0.352 e. The highest BCUT2D eigenvalue weighted by molar-refractivity contribution is 7.84. The Balaban J connectivity index is 1.14. The first-order valence-electron chi connectivity index (χ1n) is 12.9. The van der Waals surface area contributed by atoms with Crippen LogP contribution >= 0.6 is 0 Å². The lowest BCUT2D eigenvalue weighted by atomic mass is 9.48. The van der Waals surface area contributed by atoms with E-state index in [1.165, 1.54) is 38.5 Å². The lowest BCUT2D eigenvalue weighted by Gasteiger charge is -2.59. The quantitative estimate of drug-likeness (QED) is 0.500. The number of nitrogens with one attached hydrogen (secondary N) is 1. The molecule has 35 heavy (non-hydrogen) atoms. The van der Waals surface area contributed by atoms with Gasteiger partial charge in [-0.1, -0.05) is 18.2 Å². The Morgan fingerprint density at radius 1 is 1.06 bits per heavy atom. The Kier molecular flexibility index (Phi) is 5.91. The van der Waals surface area contributed by atoms with Crippen molar-refractivity contribution in [2.75, 3.05) is 5.75 Å². The van der Waals surface area contributed by atoms with Crippen molar-refractivity contribution in [3.05, 3.63) is 66.6 Å². The summed E-state index contributed by atoms with van der Waals surface area (Å²) in [6.07, 6.45) is 13.6. The molecular formula is C28H34N4O2S. The van der Waals surface area contributed by atoms with Gasteiger partial charge in [0, 0.05) is 34.8 Å². The summed E-state index contributed by atoms with van der Waals surface area (Å²) in [7, 11) is -1.32. The first-order chi connectivity index (χ1) is 17.0. The van der Waals surface area contributed by atoms with Gasteiger partial charge in [-0.2, -0.15) is 5.10 Å². The molecule has 4 aliphatic carbocycles. The highest BCUT2D eigenvalue weighted by atomic mass is 32.2. The van der Waals surface area contributed by atoms with Gasteiger partial charge >= 0.3 is 0 Å². The average molecular weight is 491 g/mol. The van der Waals surface area contributed by atoms with E-state index in [2.05, 4.69) is 17.3 Å². The topological polar surface area (TPSA) is 68.9 Å². The number of hydrogen-bond acceptors (Lipinski definition) is 3. The van der Waals surface area contributed by atoms with E-state index in [9.17, 15) is 9.00 Å². The average Bonchev–Trinajstić information content (AvgIpc) is 3.48. The Hall–Kier alpha value is -2.67. The van der Waals surface area contributed by atoms with Crippen molar-refractivity contribution in [1.82, 2.24) is 19.7 Å². The standard InChI is InChI=1S/C28H34N4O2S/c1-20(28-14-21-11-22(15-28)13-23(12-21)16-28)30-26(33)19-35(34)18-24-17-29-32(25-7-3-2-4-8-25)27(24)31-9-5-6-10-31/h2-10,17,20-23H,11-16,18-19H2,1H3,(H,30,33)/t20-,21?,22?,23?,28?,35-/m1/s1. The molecule has 7 rings (SSSR count). The van der Waals surface area contributed by atoms with Gasteiger partial charge < -0.3 is 9.88 Å². The number of para-hydroxylation sites is 1. The maximum atomic E-state index is 13.1. The molecule has 3 aromatic rings. The van der Waals surface area contributed by atoms with E-state index >= 15 is 0 Å². The molecule has 2 aromatic heterocycles. The molecule has 0 unspecified atom stereocenters. The van der Waals surface area contributed by atoms with Gasteiger partial charge in [-0.15, -0.1) is 0 Å². The molecule has 4 bridgehead atoms. The van der Waals surface area contributed by atoms with Crippen LogP contribution < -0.4 is 5.32 Å². The number of aromatic nitrogens is 3. The van der Waals surface area contributed by atoms with E-state index < -0.39 is 10.8 Å². The number of hydrogen-bond donors (Lipinski definition) is 1. The molecule has 0 radical (unpaired) electrons. The van der Waals surface area contributed by atoms with Crippen molar-refractivity contribution in [3.8, 4) is 11.5 Å². The van der Waals surface area contributed by atoms with Gasteiger partial charge in [0.2, 0.25) is 5.91 Å². The third-order valence-corrected chi connectivity index (χ3v) is 9.87. The predicted octanol–water partition coefficient (Wildman–Crippen LogP) is 4.63. The highest BCUT2D eigenvalue weighted by Crippen LogP contribution is 2.61. The van der Waals surface area contributed by atoms with Crippen LogP contribution in [0.3, 0.4) is 0 Å². The summed E-state index contributed by atoms with van der Waals surface area (Å²) >= 11 is 0. The fourth-order valence-corrected chi connectivity index (χ4v) is 8.53. The second-order valence-corrected chi connectivity index (χ2v) is 12.6. The number of nitrogens with zero attached hydrogens (tertiary/aromatic N) is 3. The Morgan fingerprint density at radius 2 is 1.69 bits per heavy atom. The smallest absolute Gasteiger partial charge is 0.232 e. The summed E-state index contributed by atoms with van der Waals surface area (Å²) in [5.74, 6) is 3.63. The Morgan fingerprint density at radius 3 is 2.31 bits per heavy atom. The summed E-state index contributed by atoms with van der Waals surface area (Å²) in [5, 5.41) is 7.86. The molecule has 184 valence electrons. The molecule has 1 N–H and O–H groups in total. The molecule has 0 saturated heterocycles. The van der Waals surface area contributed by atoms with E-state index in [0.717, 1.165) is 34.8 Å². The predicted molar refractivity (Wildman–Crippen MR) is 138 cm³/mol. The maximum absolute atomic E-state index is 13.1. The second kappa shape index (κ2) is 9.08. The zero-order chi connectivity index (χ0) is 24.0. The third kappa shape index (κ3) is 4.39. The van der Waals surface area contributed by atoms with Crippen LogP contribution in [0.4, 0.5) is 0 Å². The fourth-order valence-electron chi connectivity index (χ4n) is 7.50. The summed E-state index contributed by atoms with van der Waals surface area (Å²) < 4.78 is 17.0. The van der Waals surface area contributed by atoms with Crippen LogP contribution in [0.1, 0.15) is 51.0 Å². The van der Waals surface area contributed by atoms with Crippen molar-refractivity contribution in [2.45, 2.75) is 57.2 Å². The third-order valence-electron chi connectivity index (χ3n) is 8.66. The molecule has 0 aliphatic heterocycles. The van der Waals surface area contributed by atoms with Crippen LogP contribution in [0.15, 0.2) is 61.1 Å². The fraction of sp³-hybridized carbons (Fsp3) is 0.500. The largest absolute Gasteiger partial charge is 0.352 e. The normalized spacial score (nSPS) is 28.7. The Labute approximate surface area is 209 Å². The van der Waals surface area contributed by atoms with Crippen molar-refractivity contribution < 1.29 is 9.00 Å². The van der Waals surface area contributed by atoms with Crippen molar-refractivity contribution >= 4 is 16.7 Å². The minimum atomic E-state index is -1.32. The van der Waals surface area contributed by atoms with Crippen molar-refractivity contribution in [3.63, 3.8) is 0 Å². The van der Waals surface area contributed by atoms with Gasteiger partial charge in [0.25, 0.3) is 0 Å². The molecule has 4 aliphatic rings. The van der Waals surface area contributed by atoms with Crippen LogP contribution in [-0.2, 0) is 21.3 Å². The van der Waals surface area contributed by atoms with Gasteiger partial charge in [0.05, 0.1) is 17.6 Å². The SMILES string of the molecule is C[C@@H](NC(=O)C[S@](=O)Cc1cnn(-c2ccccc2)c1-n1cccc1)C12CC3CC(CC(C3)C1)C2. The maximum Gasteiger partial charge on any atom is 0.232 e. The lowest BCUT2D eigenvalue weighted by Crippen LogP contribution is -2.56. The zero-order valence-corrected chi connectivity index (χ0v) is 21.1. The van der Waals surface area contributed by atoms with Gasteiger partial charge in [0.15, 0.2) is 0 Å². The number of rotatable bonds is 8. The lowest BCUT2D eigenvalue weighted by molar-refractivity contribution is -0.123. The van der Waals surface area contributed by atoms with E-state index in [-0.39, 0.29) is 23.1 Å². The van der Waals surface area contributed by atoms with Crippen LogP contribution in [0.2, 0.25) is 0 Å². The van der Waals surface area contributed by atoms with Gasteiger partial charge in [0.1, 0.15) is 11.6 Å². The van der Waals surface area contributed by atoms with E-state index in [1.807, 2.05) is 64.1 Å². The number of carbonyl (C=O) groups excluding carboxylic acids is 1. The van der Waals surface area contributed by atoms with Crippen molar-refractivity contribution in [1.29, 1.82) is 0 Å². The van der Waals surface area contributed by atoms with Crippen LogP contribution in [0.25, 0.3) is 11.5 Å². The molecule has 1 amide bonds. The van der Waals surface area contributed by atoms with Crippen molar-refractivity contribution in [2.24, 2.45) is 23.2 Å². The van der Waals surface area contributed by atoms with Gasteiger partial charge in [-0.05, 0) is 92.9 Å². The van der Waals surface area contributed by atoms with Gasteiger partial charge in [-0.25, -0.2) is 4.68 Å². The number of carbonyl (C=O) groups is 1. The summed E-state index contributed by atoms with van der Waals surface area (Å²) in [5.41, 5.74) is 2.06. The van der Waals surface area contributed by atoms with E-state index in [4.69, 9.17) is 0 Å². The van der Waals surface area contributed by atoms with Gasteiger partial charge in [-0.3, -0.25) is 9.00 Å². The van der Waals surface area contributed by atoms with Crippen LogP contribution in [0, 0.1) is 23.2 Å². The van der Waals surface area contributed by atoms with Crippen LogP contribution in [-0.4, -0.2) is 36.3 Å². The molecule has 6 nitrogen and oxygen atoms in total. The minimum absolute atomic E-state index is 0.0261. The molecule has 0 spiro atoms. The number of benzene rings is 1. The molecule has 2 heterocycles. The molecule has 7 heteroatoms. The molecule has 1 aromatic carbocycles. The highest BCUT2D eigenvalue weighted by Gasteiger charge is 2.53. The van der Waals surface area contributed by atoms with E-state index in [1.54, 1.807) is 6.20 Å².